The Bertz CT molecular complexity index is 621. The number of ether oxygens (including phenoxy) is 1. The Balaban J connectivity index is 2.00. The number of aromatic amines is 1. The number of rotatable bonds is 5. The van der Waals surface area contributed by atoms with E-state index < -0.39 is 0 Å². The lowest BCUT2D eigenvalue weighted by atomic mass is 10.1. The number of amides is 1. The number of nitrogens with zero attached hydrogens (tertiary/aromatic N) is 2. The second kappa shape index (κ2) is 6.18. The summed E-state index contributed by atoms with van der Waals surface area (Å²) in [5.74, 6) is -0.421. The second-order valence-electron chi connectivity index (χ2n) is 4.45. The normalized spacial score (nSPS) is 10.5. The molecule has 1 aromatic heterocycles. The Kier molecular flexibility index (Phi) is 4.34. The average molecular weight is 275 g/mol. The number of benzene rings is 1. The molecule has 1 aromatic carbocycles. The van der Waals surface area contributed by atoms with E-state index in [2.05, 4.69) is 10.2 Å². The quantitative estimate of drug-likeness (QED) is 0.841. The van der Waals surface area contributed by atoms with Gasteiger partial charge in [0, 0.05) is 24.5 Å². The maximum Gasteiger partial charge on any atom is 0.307 e. The van der Waals surface area contributed by atoms with Crippen LogP contribution in [0.3, 0.4) is 0 Å². The van der Waals surface area contributed by atoms with Crippen LogP contribution in [-0.2, 0) is 9.53 Å². The number of hydrogen-bond donors (Lipinski definition) is 1. The van der Waals surface area contributed by atoms with Crippen molar-refractivity contribution < 1.29 is 14.3 Å². The summed E-state index contributed by atoms with van der Waals surface area (Å²) in [5, 5.41) is 7.63. The van der Waals surface area contributed by atoms with Gasteiger partial charge in [-0.1, -0.05) is 0 Å². The molecule has 1 heterocycles. The van der Waals surface area contributed by atoms with Crippen molar-refractivity contribution in [3.8, 4) is 0 Å². The lowest BCUT2D eigenvalue weighted by Crippen LogP contribution is -2.29. The Morgan fingerprint density at radius 1 is 1.40 bits per heavy atom. The minimum Gasteiger partial charge on any atom is -0.466 e. The highest BCUT2D eigenvalue weighted by Crippen LogP contribution is 2.14. The lowest BCUT2D eigenvalue weighted by molar-refractivity contribution is -0.143. The molecule has 0 aliphatic rings. The fraction of sp³-hybridized carbons (Fsp3) is 0.357. The minimum absolute atomic E-state index is 0.127. The first-order chi connectivity index (χ1) is 9.61. The number of aromatic nitrogens is 2. The third-order valence-electron chi connectivity index (χ3n) is 2.99. The third kappa shape index (κ3) is 3.14. The number of carbonyl (C=O) groups is 2. The van der Waals surface area contributed by atoms with E-state index in [1.807, 2.05) is 6.07 Å². The molecule has 0 bridgehead atoms. The Morgan fingerprint density at radius 3 is 2.95 bits per heavy atom. The molecule has 0 unspecified atom stereocenters. The summed E-state index contributed by atoms with van der Waals surface area (Å²) in [6.07, 6.45) is 1.87. The first-order valence-corrected chi connectivity index (χ1v) is 6.46. The van der Waals surface area contributed by atoms with Gasteiger partial charge in [0.15, 0.2) is 0 Å². The van der Waals surface area contributed by atoms with Gasteiger partial charge in [-0.05, 0) is 25.1 Å². The van der Waals surface area contributed by atoms with Gasteiger partial charge in [0.1, 0.15) is 0 Å². The van der Waals surface area contributed by atoms with Gasteiger partial charge in [0.2, 0.25) is 0 Å². The monoisotopic (exact) mass is 275 g/mol. The van der Waals surface area contributed by atoms with Gasteiger partial charge in [-0.25, -0.2) is 0 Å². The molecule has 106 valence electrons. The molecule has 0 aliphatic carbocycles. The molecular formula is C14H17N3O3. The van der Waals surface area contributed by atoms with Crippen LogP contribution in [0.4, 0.5) is 0 Å². The van der Waals surface area contributed by atoms with Gasteiger partial charge >= 0.3 is 5.97 Å². The molecule has 6 heteroatoms. The number of fused-ring (bicyclic) bond motifs is 1. The van der Waals surface area contributed by atoms with Crippen LogP contribution >= 0.6 is 0 Å². The fourth-order valence-electron chi connectivity index (χ4n) is 1.89. The van der Waals surface area contributed by atoms with E-state index in [-0.39, 0.29) is 18.3 Å². The van der Waals surface area contributed by atoms with Crippen molar-refractivity contribution in [3.05, 3.63) is 30.0 Å². The number of carbonyl (C=O) groups excluding carboxylic acids is 2. The van der Waals surface area contributed by atoms with Gasteiger partial charge < -0.3 is 9.64 Å². The smallest absolute Gasteiger partial charge is 0.307 e. The number of H-pyrrole nitrogens is 1. The van der Waals surface area contributed by atoms with Crippen LogP contribution in [0.2, 0.25) is 0 Å². The van der Waals surface area contributed by atoms with Crippen molar-refractivity contribution in [1.82, 2.24) is 15.1 Å². The molecule has 2 rings (SSSR count). The summed E-state index contributed by atoms with van der Waals surface area (Å²) < 4.78 is 4.84. The van der Waals surface area contributed by atoms with Crippen molar-refractivity contribution in [2.24, 2.45) is 0 Å². The van der Waals surface area contributed by atoms with Crippen LogP contribution in [0.1, 0.15) is 23.7 Å². The SMILES string of the molecule is CCOC(=O)CCN(C)C(=O)c1ccc2[nH]ncc2c1. The summed E-state index contributed by atoms with van der Waals surface area (Å²) in [6.45, 7) is 2.45. The van der Waals surface area contributed by atoms with E-state index in [9.17, 15) is 9.59 Å². The molecule has 0 atom stereocenters. The number of nitrogens with one attached hydrogen (secondary N) is 1. The van der Waals surface area contributed by atoms with Crippen molar-refractivity contribution >= 4 is 22.8 Å². The summed E-state index contributed by atoms with van der Waals surface area (Å²) >= 11 is 0. The van der Waals surface area contributed by atoms with Crippen LogP contribution in [0, 0.1) is 0 Å². The van der Waals surface area contributed by atoms with Crippen molar-refractivity contribution in [1.29, 1.82) is 0 Å². The zero-order valence-corrected chi connectivity index (χ0v) is 11.5. The van der Waals surface area contributed by atoms with Crippen LogP contribution < -0.4 is 0 Å². The first-order valence-electron chi connectivity index (χ1n) is 6.46. The van der Waals surface area contributed by atoms with Gasteiger partial charge in [-0.3, -0.25) is 14.7 Å². The van der Waals surface area contributed by atoms with E-state index in [1.54, 1.807) is 32.3 Å². The zero-order valence-electron chi connectivity index (χ0n) is 11.5. The average Bonchev–Trinajstić information content (AvgIpc) is 2.91. The summed E-state index contributed by atoms with van der Waals surface area (Å²) in [7, 11) is 1.67. The molecule has 0 saturated carbocycles. The van der Waals surface area contributed by atoms with E-state index in [0.29, 0.717) is 18.7 Å². The zero-order chi connectivity index (χ0) is 14.5. The van der Waals surface area contributed by atoms with E-state index in [4.69, 9.17) is 4.74 Å². The molecule has 0 fully saturated rings. The largest absolute Gasteiger partial charge is 0.466 e. The molecule has 6 nitrogen and oxygen atoms in total. The van der Waals surface area contributed by atoms with Gasteiger partial charge in [-0.2, -0.15) is 5.10 Å². The molecule has 0 spiro atoms. The molecular weight excluding hydrogens is 258 g/mol. The van der Waals surface area contributed by atoms with E-state index in [0.717, 1.165) is 10.9 Å². The summed E-state index contributed by atoms with van der Waals surface area (Å²) in [5.41, 5.74) is 1.46. The predicted octanol–water partition coefficient (Wildman–Crippen LogP) is 1.59. The van der Waals surface area contributed by atoms with Gasteiger partial charge in [-0.15, -0.1) is 0 Å². The summed E-state index contributed by atoms with van der Waals surface area (Å²) in [6, 6.07) is 5.33. The highest BCUT2D eigenvalue weighted by Gasteiger charge is 2.14. The van der Waals surface area contributed by atoms with Crippen LogP contribution in [0.25, 0.3) is 10.9 Å². The molecule has 0 aliphatic heterocycles. The molecule has 0 radical (unpaired) electrons. The molecule has 1 amide bonds. The molecule has 0 saturated heterocycles. The maximum absolute atomic E-state index is 12.2. The van der Waals surface area contributed by atoms with Crippen LogP contribution in [0.15, 0.2) is 24.4 Å². The summed E-state index contributed by atoms with van der Waals surface area (Å²) in [4.78, 5) is 25.0. The van der Waals surface area contributed by atoms with Crippen molar-refractivity contribution in [2.75, 3.05) is 20.2 Å². The van der Waals surface area contributed by atoms with Crippen LogP contribution in [0.5, 0.6) is 0 Å². The van der Waals surface area contributed by atoms with E-state index in [1.165, 1.54) is 4.90 Å². The molecule has 20 heavy (non-hydrogen) atoms. The second-order valence-corrected chi connectivity index (χ2v) is 4.45. The van der Waals surface area contributed by atoms with Crippen molar-refractivity contribution in [2.45, 2.75) is 13.3 Å². The Morgan fingerprint density at radius 2 is 2.20 bits per heavy atom. The fourth-order valence-corrected chi connectivity index (χ4v) is 1.89. The van der Waals surface area contributed by atoms with Crippen molar-refractivity contribution in [3.63, 3.8) is 0 Å². The minimum atomic E-state index is -0.294. The third-order valence-corrected chi connectivity index (χ3v) is 2.99. The predicted molar refractivity (Wildman–Crippen MR) is 74.3 cm³/mol. The Hall–Kier alpha value is -2.37. The van der Waals surface area contributed by atoms with Gasteiger partial charge in [0.05, 0.1) is 24.7 Å². The lowest BCUT2D eigenvalue weighted by Gasteiger charge is -2.16. The molecule has 2 aromatic rings. The highest BCUT2D eigenvalue weighted by molar-refractivity contribution is 5.97. The highest BCUT2D eigenvalue weighted by atomic mass is 16.5. The van der Waals surface area contributed by atoms with Crippen LogP contribution in [-0.4, -0.2) is 47.2 Å². The number of hydrogen-bond acceptors (Lipinski definition) is 4. The van der Waals surface area contributed by atoms with E-state index >= 15 is 0 Å². The first kappa shape index (κ1) is 14.0. The Labute approximate surface area is 116 Å². The molecule has 1 N–H and O–H groups in total. The topological polar surface area (TPSA) is 75.3 Å². The standard InChI is InChI=1S/C14H17N3O3/c1-3-20-13(18)6-7-17(2)14(19)10-4-5-12-11(8-10)9-15-16-12/h4-5,8-9H,3,6-7H2,1-2H3,(H,15,16). The van der Waals surface area contributed by atoms with Gasteiger partial charge in [0.25, 0.3) is 5.91 Å². The maximum atomic E-state index is 12.2. The number of esters is 1.